The van der Waals surface area contributed by atoms with Crippen LogP contribution in [0.4, 0.5) is 5.69 Å². The van der Waals surface area contributed by atoms with Crippen molar-refractivity contribution in [2.24, 2.45) is 4.99 Å². The molecule has 2 unspecified atom stereocenters. The van der Waals surface area contributed by atoms with Gasteiger partial charge >= 0.3 is 0 Å². The smallest absolute Gasteiger partial charge is 0.191 e. The maximum atomic E-state index is 12.2. The largest absolute Gasteiger partial charge is 0.497 e. The van der Waals surface area contributed by atoms with Crippen molar-refractivity contribution in [1.29, 1.82) is 0 Å². The number of aliphatic imine (C=N–C) groups is 1. The van der Waals surface area contributed by atoms with Crippen molar-refractivity contribution in [3.8, 4) is 5.75 Å². The molecule has 1 aliphatic rings. The van der Waals surface area contributed by atoms with Gasteiger partial charge in [0.05, 0.1) is 7.11 Å². The summed E-state index contributed by atoms with van der Waals surface area (Å²) in [5, 5.41) is 6.81. The van der Waals surface area contributed by atoms with Crippen LogP contribution in [0, 0.1) is 0 Å². The fourth-order valence-corrected chi connectivity index (χ4v) is 3.99. The molecule has 1 heterocycles. The number of rotatable bonds is 6. The van der Waals surface area contributed by atoms with E-state index in [1.54, 1.807) is 14.2 Å². The molecule has 152 valence electrons. The van der Waals surface area contributed by atoms with Gasteiger partial charge in [-0.05, 0) is 45.7 Å². The Kier molecular flexibility index (Phi) is 7.95. The Hall–Kier alpha value is -1.76. The monoisotopic (exact) mass is 394 g/mol. The van der Waals surface area contributed by atoms with Crippen LogP contribution in [0.15, 0.2) is 29.3 Å². The van der Waals surface area contributed by atoms with Gasteiger partial charge < -0.3 is 20.3 Å². The Morgan fingerprint density at radius 2 is 2.19 bits per heavy atom. The molecule has 6 nitrogen and oxygen atoms in total. The highest BCUT2D eigenvalue weighted by molar-refractivity contribution is 7.86. The summed E-state index contributed by atoms with van der Waals surface area (Å²) in [7, 11) is 2.61. The number of nitrogens with zero attached hydrogens (tertiary/aromatic N) is 2. The third-order valence-corrected chi connectivity index (χ3v) is 6.61. The molecule has 0 aromatic heterocycles. The van der Waals surface area contributed by atoms with Gasteiger partial charge in [-0.15, -0.1) is 0 Å². The van der Waals surface area contributed by atoms with Crippen LogP contribution in [0.2, 0.25) is 0 Å². The summed E-state index contributed by atoms with van der Waals surface area (Å²) in [4.78, 5) is 6.70. The van der Waals surface area contributed by atoms with Gasteiger partial charge in [-0.3, -0.25) is 9.20 Å². The number of nitrogens with one attached hydrogen (secondary N) is 2. The van der Waals surface area contributed by atoms with Crippen molar-refractivity contribution in [2.45, 2.75) is 44.4 Å². The van der Waals surface area contributed by atoms with Crippen molar-refractivity contribution in [2.75, 3.05) is 44.4 Å². The van der Waals surface area contributed by atoms with Gasteiger partial charge in [0.15, 0.2) is 5.96 Å². The van der Waals surface area contributed by atoms with E-state index in [0.29, 0.717) is 18.3 Å². The molecular weight excluding hydrogens is 360 g/mol. The molecule has 0 bridgehead atoms. The van der Waals surface area contributed by atoms with E-state index in [9.17, 15) is 4.21 Å². The second-order valence-electron chi connectivity index (χ2n) is 7.79. The zero-order valence-corrected chi connectivity index (χ0v) is 18.1. The number of hydrogen-bond donors (Lipinski definition) is 2. The number of methoxy groups -OCH3 is 1. The molecule has 2 atom stereocenters. The zero-order valence-electron chi connectivity index (χ0n) is 17.2. The molecule has 2 N–H and O–H groups in total. The maximum Gasteiger partial charge on any atom is 0.191 e. The molecule has 0 radical (unpaired) electrons. The lowest BCUT2D eigenvalue weighted by molar-refractivity contribution is 0.414. The average molecular weight is 395 g/mol. The van der Waals surface area contributed by atoms with Gasteiger partial charge in [-0.2, -0.15) is 0 Å². The standard InChI is InChI=1S/C20H34N4O2S/c1-20(2,3)27(25)13-11-22-19(21-4)23-16-8-7-12-24(15-16)17-9-6-10-18(14-17)26-5/h6,9-10,14,16H,7-8,11-13,15H2,1-5H3,(H2,21,22,23). The fourth-order valence-electron chi connectivity index (χ4n) is 3.09. The summed E-state index contributed by atoms with van der Waals surface area (Å²) in [5.74, 6) is 2.27. The molecule has 1 aliphatic heterocycles. The predicted molar refractivity (Wildman–Crippen MR) is 115 cm³/mol. The second kappa shape index (κ2) is 9.97. The Balaban J connectivity index is 1.87. The van der Waals surface area contributed by atoms with Gasteiger partial charge in [-0.25, -0.2) is 0 Å². The Morgan fingerprint density at radius 3 is 2.85 bits per heavy atom. The van der Waals surface area contributed by atoms with E-state index in [2.05, 4.69) is 32.7 Å². The van der Waals surface area contributed by atoms with E-state index in [1.807, 2.05) is 32.9 Å². The highest BCUT2D eigenvalue weighted by Crippen LogP contribution is 2.24. The van der Waals surface area contributed by atoms with Crippen LogP contribution in [-0.2, 0) is 10.8 Å². The third kappa shape index (κ3) is 6.72. The van der Waals surface area contributed by atoms with E-state index in [-0.39, 0.29) is 4.75 Å². The van der Waals surface area contributed by atoms with E-state index in [0.717, 1.165) is 37.6 Å². The first-order chi connectivity index (χ1) is 12.8. The second-order valence-corrected chi connectivity index (χ2v) is 10.1. The third-order valence-electron chi connectivity index (χ3n) is 4.67. The van der Waals surface area contributed by atoms with Crippen molar-refractivity contribution >= 4 is 22.4 Å². The quantitative estimate of drug-likeness (QED) is 0.573. The zero-order chi connectivity index (χ0) is 19.9. The fraction of sp³-hybridized carbons (Fsp3) is 0.650. The molecule has 1 saturated heterocycles. The van der Waals surface area contributed by atoms with Crippen LogP contribution >= 0.6 is 0 Å². The van der Waals surface area contributed by atoms with E-state index < -0.39 is 10.8 Å². The van der Waals surface area contributed by atoms with Gasteiger partial charge in [0.1, 0.15) is 5.75 Å². The Labute approximate surface area is 166 Å². The lowest BCUT2D eigenvalue weighted by Gasteiger charge is -2.35. The normalized spacial score (nSPS) is 19.5. The van der Waals surface area contributed by atoms with E-state index in [1.165, 1.54) is 5.69 Å². The van der Waals surface area contributed by atoms with Crippen molar-refractivity contribution in [1.82, 2.24) is 10.6 Å². The van der Waals surface area contributed by atoms with Gasteiger partial charge in [-0.1, -0.05) is 6.07 Å². The first-order valence-corrected chi connectivity index (χ1v) is 10.9. The molecule has 2 rings (SSSR count). The highest BCUT2D eigenvalue weighted by atomic mass is 32.2. The minimum Gasteiger partial charge on any atom is -0.497 e. The molecule has 1 aromatic carbocycles. The lowest BCUT2D eigenvalue weighted by Crippen LogP contribution is -2.51. The SMILES string of the molecule is CN=C(NCCS(=O)C(C)(C)C)NC1CCCN(c2cccc(OC)c2)C1. The first kappa shape index (κ1) is 21.5. The van der Waals surface area contributed by atoms with Crippen molar-refractivity contribution < 1.29 is 8.95 Å². The minimum absolute atomic E-state index is 0.181. The van der Waals surface area contributed by atoms with Crippen molar-refractivity contribution in [3.05, 3.63) is 24.3 Å². The van der Waals surface area contributed by atoms with E-state index in [4.69, 9.17) is 4.74 Å². The first-order valence-electron chi connectivity index (χ1n) is 9.58. The number of guanidine groups is 1. The van der Waals surface area contributed by atoms with Crippen LogP contribution in [0.25, 0.3) is 0 Å². The molecule has 0 amide bonds. The number of hydrogen-bond acceptors (Lipinski definition) is 4. The van der Waals surface area contributed by atoms with Gasteiger partial charge in [0.25, 0.3) is 0 Å². The summed E-state index contributed by atoms with van der Waals surface area (Å²) in [6, 6.07) is 8.53. The summed E-state index contributed by atoms with van der Waals surface area (Å²) in [5.41, 5.74) is 1.18. The number of anilines is 1. The van der Waals surface area contributed by atoms with Gasteiger partial charge in [0, 0.05) is 65.8 Å². The molecule has 27 heavy (non-hydrogen) atoms. The van der Waals surface area contributed by atoms with Crippen LogP contribution in [-0.4, -0.2) is 60.5 Å². The number of benzene rings is 1. The Bertz CT molecular complexity index is 658. The lowest BCUT2D eigenvalue weighted by atomic mass is 10.0. The van der Waals surface area contributed by atoms with Crippen LogP contribution in [0.5, 0.6) is 5.75 Å². The average Bonchev–Trinajstić information content (AvgIpc) is 2.66. The highest BCUT2D eigenvalue weighted by Gasteiger charge is 2.22. The maximum absolute atomic E-state index is 12.2. The molecular formula is C20H34N4O2S. The minimum atomic E-state index is -0.862. The summed E-state index contributed by atoms with van der Waals surface area (Å²) in [6.07, 6.45) is 2.23. The molecule has 1 fully saturated rings. The number of piperidine rings is 1. The van der Waals surface area contributed by atoms with Crippen molar-refractivity contribution in [3.63, 3.8) is 0 Å². The van der Waals surface area contributed by atoms with Gasteiger partial charge in [0.2, 0.25) is 0 Å². The van der Waals surface area contributed by atoms with Crippen LogP contribution in [0.3, 0.4) is 0 Å². The predicted octanol–water partition coefficient (Wildman–Crippen LogP) is 2.38. The molecule has 7 heteroatoms. The topological polar surface area (TPSA) is 66.0 Å². The molecule has 0 aliphatic carbocycles. The number of ether oxygens (including phenoxy) is 1. The molecule has 0 spiro atoms. The Morgan fingerprint density at radius 1 is 1.41 bits per heavy atom. The van der Waals surface area contributed by atoms with E-state index >= 15 is 0 Å². The summed E-state index contributed by atoms with van der Waals surface area (Å²) >= 11 is 0. The summed E-state index contributed by atoms with van der Waals surface area (Å²) < 4.78 is 17.3. The summed E-state index contributed by atoms with van der Waals surface area (Å²) in [6.45, 7) is 8.63. The molecule has 1 aromatic rings. The van der Waals surface area contributed by atoms with Crippen LogP contribution < -0.4 is 20.3 Å². The molecule has 0 saturated carbocycles. The van der Waals surface area contributed by atoms with Crippen LogP contribution in [0.1, 0.15) is 33.6 Å².